The van der Waals surface area contributed by atoms with Crippen molar-refractivity contribution in [2.45, 2.75) is 38.8 Å². The van der Waals surface area contributed by atoms with E-state index >= 15 is 0 Å². The van der Waals surface area contributed by atoms with Crippen molar-refractivity contribution in [3.05, 3.63) is 41.5 Å². The highest BCUT2D eigenvalue weighted by Crippen LogP contribution is 2.11. The first-order valence-electron chi connectivity index (χ1n) is 6.92. The Hall–Kier alpha value is -2.44. The maximum atomic E-state index is 13.0. The molecule has 0 aliphatic heterocycles. The number of ether oxygens (including phenoxy) is 1. The number of carboxylic acid groups (broad SMARTS) is 1. The molecule has 1 atom stereocenters. The van der Waals surface area contributed by atoms with Crippen LogP contribution in [-0.2, 0) is 9.53 Å². The highest BCUT2D eigenvalue weighted by molar-refractivity contribution is 5.80. The average Bonchev–Trinajstić information content (AvgIpc) is 2.33. The third-order valence-corrected chi connectivity index (χ3v) is 2.56. The van der Waals surface area contributed by atoms with Crippen LogP contribution in [0.2, 0.25) is 0 Å². The third kappa shape index (κ3) is 7.39. The predicted molar refractivity (Wildman–Crippen MR) is 80.8 cm³/mol. The second-order valence-electron chi connectivity index (χ2n) is 5.88. The van der Waals surface area contributed by atoms with Crippen LogP contribution >= 0.6 is 0 Å². The molecule has 0 aliphatic rings. The van der Waals surface area contributed by atoms with E-state index in [1.54, 1.807) is 20.8 Å². The number of alkyl carbamates (subject to hydrolysis) is 1. The van der Waals surface area contributed by atoms with Crippen LogP contribution in [0.4, 0.5) is 13.6 Å². The lowest BCUT2D eigenvalue weighted by atomic mass is 10.1. The molecule has 1 aromatic carbocycles. The summed E-state index contributed by atoms with van der Waals surface area (Å²) in [7, 11) is 0. The maximum Gasteiger partial charge on any atom is 0.408 e. The van der Waals surface area contributed by atoms with Crippen LogP contribution in [0.3, 0.4) is 0 Å². The van der Waals surface area contributed by atoms with Gasteiger partial charge in [0.15, 0.2) is 0 Å². The quantitative estimate of drug-likeness (QED) is 0.869. The number of halogens is 2. The molecule has 0 unspecified atom stereocenters. The van der Waals surface area contributed by atoms with E-state index in [0.29, 0.717) is 0 Å². The Morgan fingerprint density at radius 1 is 1.26 bits per heavy atom. The number of carbonyl (C=O) groups is 2. The van der Waals surface area contributed by atoms with Gasteiger partial charge in [0.05, 0.1) is 0 Å². The van der Waals surface area contributed by atoms with Gasteiger partial charge in [0.2, 0.25) is 0 Å². The van der Waals surface area contributed by atoms with E-state index in [0.717, 1.165) is 18.2 Å². The predicted octanol–water partition coefficient (Wildman–Crippen LogP) is 3.35. The lowest BCUT2D eigenvalue weighted by Gasteiger charge is -2.21. The van der Waals surface area contributed by atoms with Crippen molar-refractivity contribution in [1.82, 2.24) is 5.32 Å². The zero-order valence-corrected chi connectivity index (χ0v) is 13.1. The first kappa shape index (κ1) is 18.6. The first-order chi connectivity index (χ1) is 10.6. The van der Waals surface area contributed by atoms with Crippen LogP contribution < -0.4 is 5.32 Å². The van der Waals surface area contributed by atoms with Gasteiger partial charge < -0.3 is 15.2 Å². The Labute approximate surface area is 133 Å². The molecule has 0 fully saturated rings. The Morgan fingerprint density at radius 2 is 1.83 bits per heavy atom. The molecular weight excluding hydrogens is 308 g/mol. The van der Waals surface area contributed by atoms with E-state index in [9.17, 15) is 18.4 Å². The van der Waals surface area contributed by atoms with Crippen LogP contribution in [0, 0.1) is 11.6 Å². The smallest absolute Gasteiger partial charge is 0.408 e. The fraction of sp³-hybridized carbons (Fsp3) is 0.375. The Morgan fingerprint density at radius 3 is 2.30 bits per heavy atom. The number of hydrogen-bond donors (Lipinski definition) is 2. The molecule has 2 N–H and O–H groups in total. The Balaban J connectivity index is 2.68. The number of benzene rings is 1. The zero-order valence-electron chi connectivity index (χ0n) is 13.1. The van der Waals surface area contributed by atoms with Gasteiger partial charge in [0.1, 0.15) is 23.3 Å². The summed E-state index contributed by atoms with van der Waals surface area (Å²) in [6, 6.07) is 1.74. The summed E-state index contributed by atoms with van der Waals surface area (Å²) in [5, 5.41) is 11.3. The van der Waals surface area contributed by atoms with Gasteiger partial charge in [-0.05, 0) is 44.9 Å². The minimum absolute atomic E-state index is 0.0628. The summed E-state index contributed by atoms with van der Waals surface area (Å²) in [5.74, 6) is -2.71. The number of hydrogen-bond acceptors (Lipinski definition) is 3. The van der Waals surface area contributed by atoms with Crippen LogP contribution in [-0.4, -0.2) is 28.8 Å². The van der Waals surface area contributed by atoms with Crippen LogP contribution in [0.1, 0.15) is 32.8 Å². The van der Waals surface area contributed by atoms with Crippen molar-refractivity contribution in [1.29, 1.82) is 0 Å². The van der Waals surface area contributed by atoms with Crippen LogP contribution in [0.15, 0.2) is 24.3 Å². The van der Waals surface area contributed by atoms with Gasteiger partial charge in [0, 0.05) is 6.07 Å². The van der Waals surface area contributed by atoms with Crippen molar-refractivity contribution in [3.63, 3.8) is 0 Å². The van der Waals surface area contributed by atoms with Crippen molar-refractivity contribution in [2.24, 2.45) is 0 Å². The van der Waals surface area contributed by atoms with Crippen LogP contribution in [0.25, 0.3) is 6.08 Å². The first-order valence-corrected chi connectivity index (χ1v) is 6.92. The zero-order chi connectivity index (χ0) is 17.6. The van der Waals surface area contributed by atoms with Gasteiger partial charge in [-0.3, -0.25) is 0 Å². The molecule has 126 valence electrons. The SMILES string of the molecule is CC(C)(C)OC(=O)N[C@@H](C/C=C/c1cc(F)cc(F)c1)C(=O)O. The molecule has 0 heterocycles. The van der Waals surface area contributed by atoms with E-state index in [4.69, 9.17) is 9.84 Å². The summed E-state index contributed by atoms with van der Waals surface area (Å²) in [4.78, 5) is 22.7. The van der Waals surface area contributed by atoms with Gasteiger partial charge in [0.25, 0.3) is 0 Å². The van der Waals surface area contributed by atoms with Gasteiger partial charge >= 0.3 is 12.1 Å². The second-order valence-corrected chi connectivity index (χ2v) is 5.88. The molecular formula is C16H19F2NO4. The topological polar surface area (TPSA) is 75.6 Å². The van der Waals surface area contributed by atoms with Crippen molar-refractivity contribution < 1.29 is 28.2 Å². The average molecular weight is 327 g/mol. The summed E-state index contributed by atoms with van der Waals surface area (Å²) >= 11 is 0. The maximum absolute atomic E-state index is 13.0. The molecule has 1 aromatic rings. The van der Waals surface area contributed by atoms with Gasteiger partial charge in [-0.1, -0.05) is 12.2 Å². The largest absolute Gasteiger partial charge is 0.480 e. The number of carbonyl (C=O) groups excluding carboxylic acids is 1. The molecule has 0 bridgehead atoms. The molecule has 0 saturated heterocycles. The highest BCUT2D eigenvalue weighted by Gasteiger charge is 2.22. The van der Waals surface area contributed by atoms with E-state index in [1.165, 1.54) is 12.2 Å². The monoisotopic (exact) mass is 327 g/mol. The van der Waals surface area contributed by atoms with Crippen molar-refractivity contribution >= 4 is 18.1 Å². The molecule has 0 spiro atoms. The number of carboxylic acids is 1. The van der Waals surface area contributed by atoms with Gasteiger partial charge in [-0.2, -0.15) is 0 Å². The summed E-state index contributed by atoms with van der Waals surface area (Å²) < 4.78 is 31.0. The minimum atomic E-state index is -1.24. The second kappa shape index (κ2) is 7.71. The number of aliphatic carboxylic acids is 1. The number of amides is 1. The standard InChI is InChI=1S/C16H19F2NO4/c1-16(2,3)23-15(22)19-13(14(20)21)6-4-5-10-7-11(17)9-12(18)8-10/h4-5,7-9,13H,6H2,1-3H3,(H,19,22)(H,20,21)/b5-4+/t13-/m0/s1. The van der Waals surface area contributed by atoms with Crippen LogP contribution in [0.5, 0.6) is 0 Å². The van der Waals surface area contributed by atoms with E-state index < -0.39 is 35.3 Å². The molecule has 7 heteroatoms. The summed E-state index contributed by atoms with van der Waals surface area (Å²) in [6.07, 6.45) is 1.87. The molecule has 5 nitrogen and oxygen atoms in total. The summed E-state index contributed by atoms with van der Waals surface area (Å²) in [5.41, 5.74) is -0.494. The fourth-order valence-electron chi connectivity index (χ4n) is 1.68. The highest BCUT2D eigenvalue weighted by atomic mass is 19.1. The lowest BCUT2D eigenvalue weighted by molar-refractivity contribution is -0.139. The van der Waals surface area contributed by atoms with Gasteiger partial charge in [-0.15, -0.1) is 0 Å². The van der Waals surface area contributed by atoms with E-state index in [2.05, 4.69) is 5.32 Å². The number of nitrogens with one attached hydrogen (secondary N) is 1. The minimum Gasteiger partial charge on any atom is -0.480 e. The van der Waals surface area contributed by atoms with Crippen molar-refractivity contribution in [2.75, 3.05) is 0 Å². The molecule has 1 rings (SSSR count). The third-order valence-electron chi connectivity index (χ3n) is 2.56. The van der Waals surface area contributed by atoms with Gasteiger partial charge in [-0.25, -0.2) is 18.4 Å². The van der Waals surface area contributed by atoms with E-state index in [1.807, 2.05) is 0 Å². The molecule has 23 heavy (non-hydrogen) atoms. The Kier molecular flexibility index (Phi) is 6.24. The molecule has 1 amide bonds. The lowest BCUT2D eigenvalue weighted by Crippen LogP contribution is -2.43. The molecule has 0 saturated carbocycles. The number of rotatable bonds is 5. The van der Waals surface area contributed by atoms with Crippen molar-refractivity contribution in [3.8, 4) is 0 Å². The normalized spacial score (nSPS) is 12.9. The Bertz CT molecular complexity index is 588. The molecule has 0 aliphatic carbocycles. The van der Waals surface area contributed by atoms with E-state index in [-0.39, 0.29) is 12.0 Å². The molecule has 0 radical (unpaired) electrons. The fourth-order valence-corrected chi connectivity index (χ4v) is 1.68. The summed E-state index contributed by atoms with van der Waals surface area (Å²) in [6.45, 7) is 4.96. The molecule has 0 aromatic heterocycles.